The van der Waals surface area contributed by atoms with Crippen molar-refractivity contribution in [2.75, 3.05) is 12.4 Å². The van der Waals surface area contributed by atoms with Crippen molar-refractivity contribution in [2.24, 2.45) is 5.73 Å². The number of carboxylic acids is 1. The molecule has 104 valence electrons. The Hall–Kier alpha value is -2.33. The Morgan fingerprint density at radius 3 is 2.50 bits per heavy atom. The Labute approximate surface area is 118 Å². The van der Waals surface area contributed by atoms with Crippen molar-refractivity contribution in [3.05, 3.63) is 54.1 Å². The number of aliphatic carboxylic acids is 1. The first kappa shape index (κ1) is 14.1. The van der Waals surface area contributed by atoms with Crippen LogP contribution in [0.3, 0.4) is 0 Å². The lowest BCUT2D eigenvalue weighted by atomic mass is 10.0. The SMILES string of the molecule is CNc1cccc(-c2ccc(C[C@H](N)C(=O)O)cc2)c1. The van der Waals surface area contributed by atoms with Crippen LogP contribution in [-0.2, 0) is 11.2 Å². The normalized spacial score (nSPS) is 11.9. The highest BCUT2D eigenvalue weighted by Gasteiger charge is 2.11. The summed E-state index contributed by atoms with van der Waals surface area (Å²) in [7, 11) is 1.88. The monoisotopic (exact) mass is 270 g/mol. The topological polar surface area (TPSA) is 75.3 Å². The van der Waals surface area contributed by atoms with Crippen LogP contribution in [0.1, 0.15) is 5.56 Å². The number of carboxylic acid groups (broad SMARTS) is 1. The summed E-state index contributed by atoms with van der Waals surface area (Å²) in [5.41, 5.74) is 9.72. The molecule has 0 aliphatic carbocycles. The van der Waals surface area contributed by atoms with Crippen LogP contribution in [-0.4, -0.2) is 24.2 Å². The zero-order valence-electron chi connectivity index (χ0n) is 11.3. The van der Waals surface area contributed by atoms with E-state index in [1.165, 1.54) is 0 Å². The fourth-order valence-corrected chi connectivity index (χ4v) is 2.03. The number of hydrogen-bond donors (Lipinski definition) is 3. The van der Waals surface area contributed by atoms with E-state index in [0.717, 1.165) is 22.4 Å². The van der Waals surface area contributed by atoms with Gasteiger partial charge in [-0.05, 0) is 35.2 Å². The molecule has 0 unspecified atom stereocenters. The summed E-state index contributed by atoms with van der Waals surface area (Å²) in [6, 6.07) is 15.1. The van der Waals surface area contributed by atoms with Gasteiger partial charge in [-0.3, -0.25) is 4.79 Å². The molecule has 0 radical (unpaired) electrons. The second-order valence-electron chi connectivity index (χ2n) is 4.68. The third-order valence-electron chi connectivity index (χ3n) is 3.21. The summed E-state index contributed by atoms with van der Waals surface area (Å²) in [6.45, 7) is 0. The standard InChI is InChI=1S/C16H18N2O2/c1-18-14-4-2-3-13(10-14)12-7-5-11(6-8-12)9-15(17)16(19)20/h2-8,10,15,18H,9,17H2,1H3,(H,19,20)/t15-/m0/s1. The van der Waals surface area contributed by atoms with Crippen molar-refractivity contribution in [1.29, 1.82) is 0 Å². The van der Waals surface area contributed by atoms with Gasteiger partial charge >= 0.3 is 5.97 Å². The molecule has 0 saturated heterocycles. The lowest BCUT2D eigenvalue weighted by Crippen LogP contribution is -2.32. The smallest absolute Gasteiger partial charge is 0.320 e. The molecule has 0 aromatic heterocycles. The lowest BCUT2D eigenvalue weighted by molar-refractivity contribution is -0.138. The van der Waals surface area contributed by atoms with Crippen molar-refractivity contribution in [3.8, 4) is 11.1 Å². The molecule has 0 aliphatic rings. The summed E-state index contributed by atoms with van der Waals surface area (Å²) in [5.74, 6) is -0.976. The zero-order chi connectivity index (χ0) is 14.5. The Morgan fingerprint density at radius 1 is 1.20 bits per heavy atom. The van der Waals surface area contributed by atoms with E-state index in [0.29, 0.717) is 6.42 Å². The number of rotatable bonds is 5. The van der Waals surface area contributed by atoms with E-state index in [-0.39, 0.29) is 0 Å². The molecule has 4 heteroatoms. The molecule has 4 nitrogen and oxygen atoms in total. The second-order valence-corrected chi connectivity index (χ2v) is 4.68. The van der Waals surface area contributed by atoms with Crippen LogP contribution in [0.2, 0.25) is 0 Å². The first-order chi connectivity index (χ1) is 9.60. The first-order valence-corrected chi connectivity index (χ1v) is 6.45. The Kier molecular flexibility index (Phi) is 4.38. The van der Waals surface area contributed by atoms with Gasteiger partial charge in [-0.15, -0.1) is 0 Å². The van der Waals surface area contributed by atoms with Gasteiger partial charge in [0.25, 0.3) is 0 Å². The number of anilines is 1. The molecule has 0 bridgehead atoms. The fraction of sp³-hybridized carbons (Fsp3) is 0.188. The van der Waals surface area contributed by atoms with Gasteiger partial charge in [0.2, 0.25) is 0 Å². The predicted octanol–water partition coefficient (Wildman–Crippen LogP) is 2.35. The molecule has 0 heterocycles. The number of carbonyl (C=O) groups is 1. The van der Waals surface area contributed by atoms with Gasteiger partial charge in [-0.1, -0.05) is 36.4 Å². The van der Waals surface area contributed by atoms with Gasteiger partial charge in [0.05, 0.1) is 0 Å². The van der Waals surface area contributed by atoms with Gasteiger partial charge < -0.3 is 16.2 Å². The third kappa shape index (κ3) is 3.36. The minimum Gasteiger partial charge on any atom is -0.480 e. The highest BCUT2D eigenvalue weighted by atomic mass is 16.4. The van der Waals surface area contributed by atoms with Gasteiger partial charge in [0.15, 0.2) is 0 Å². The molecule has 2 rings (SSSR count). The van der Waals surface area contributed by atoms with Crippen LogP contribution in [0.15, 0.2) is 48.5 Å². The van der Waals surface area contributed by atoms with E-state index in [9.17, 15) is 4.79 Å². The molecule has 20 heavy (non-hydrogen) atoms. The van der Waals surface area contributed by atoms with E-state index < -0.39 is 12.0 Å². The number of benzene rings is 2. The van der Waals surface area contributed by atoms with Crippen LogP contribution < -0.4 is 11.1 Å². The number of nitrogens with two attached hydrogens (primary N) is 1. The van der Waals surface area contributed by atoms with Crippen LogP contribution >= 0.6 is 0 Å². The van der Waals surface area contributed by atoms with Gasteiger partial charge in [-0.2, -0.15) is 0 Å². The van der Waals surface area contributed by atoms with Gasteiger partial charge in [0, 0.05) is 12.7 Å². The number of nitrogens with one attached hydrogen (secondary N) is 1. The maximum atomic E-state index is 10.7. The summed E-state index contributed by atoms with van der Waals surface area (Å²) in [5, 5.41) is 11.9. The summed E-state index contributed by atoms with van der Waals surface area (Å²) < 4.78 is 0. The zero-order valence-corrected chi connectivity index (χ0v) is 11.3. The summed E-state index contributed by atoms with van der Waals surface area (Å²) in [6.07, 6.45) is 0.339. The van der Waals surface area contributed by atoms with Crippen LogP contribution in [0, 0.1) is 0 Å². The minimum absolute atomic E-state index is 0.339. The summed E-state index contributed by atoms with van der Waals surface area (Å²) >= 11 is 0. The Balaban J connectivity index is 2.17. The molecule has 0 spiro atoms. The third-order valence-corrected chi connectivity index (χ3v) is 3.21. The van der Waals surface area contributed by atoms with Crippen molar-refractivity contribution >= 4 is 11.7 Å². The van der Waals surface area contributed by atoms with E-state index >= 15 is 0 Å². The molecular weight excluding hydrogens is 252 g/mol. The second kappa shape index (κ2) is 6.21. The summed E-state index contributed by atoms with van der Waals surface area (Å²) in [4.78, 5) is 10.7. The van der Waals surface area contributed by atoms with Gasteiger partial charge in [-0.25, -0.2) is 0 Å². The van der Waals surface area contributed by atoms with Crippen LogP contribution in [0.4, 0.5) is 5.69 Å². The maximum Gasteiger partial charge on any atom is 0.320 e. The molecule has 2 aromatic carbocycles. The highest BCUT2D eigenvalue weighted by molar-refractivity contribution is 5.73. The molecule has 4 N–H and O–H groups in total. The Bertz CT molecular complexity index is 594. The average Bonchev–Trinajstić information content (AvgIpc) is 2.48. The molecule has 0 aliphatic heterocycles. The minimum atomic E-state index is -0.976. The molecular formula is C16H18N2O2. The molecule has 0 amide bonds. The van der Waals surface area contributed by atoms with E-state index in [2.05, 4.69) is 11.4 Å². The average molecular weight is 270 g/mol. The van der Waals surface area contributed by atoms with Gasteiger partial charge in [0.1, 0.15) is 6.04 Å². The van der Waals surface area contributed by atoms with E-state index in [1.807, 2.05) is 49.5 Å². The molecule has 0 fully saturated rings. The van der Waals surface area contributed by atoms with Crippen molar-refractivity contribution in [2.45, 2.75) is 12.5 Å². The van der Waals surface area contributed by atoms with Crippen molar-refractivity contribution in [3.63, 3.8) is 0 Å². The molecule has 1 atom stereocenters. The highest BCUT2D eigenvalue weighted by Crippen LogP contribution is 2.23. The number of hydrogen-bond acceptors (Lipinski definition) is 3. The largest absolute Gasteiger partial charge is 0.480 e. The predicted molar refractivity (Wildman–Crippen MR) is 80.7 cm³/mol. The lowest BCUT2D eigenvalue weighted by Gasteiger charge is -2.08. The molecule has 0 saturated carbocycles. The van der Waals surface area contributed by atoms with E-state index in [4.69, 9.17) is 10.8 Å². The molecule has 2 aromatic rings. The van der Waals surface area contributed by atoms with Crippen LogP contribution in [0.5, 0.6) is 0 Å². The van der Waals surface area contributed by atoms with Crippen molar-refractivity contribution < 1.29 is 9.90 Å². The quantitative estimate of drug-likeness (QED) is 0.779. The fourth-order valence-electron chi connectivity index (χ4n) is 2.03. The van der Waals surface area contributed by atoms with Crippen LogP contribution in [0.25, 0.3) is 11.1 Å². The first-order valence-electron chi connectivity index (χ1n) is 6.45. The van der Waals surface area contributed by atoms with Crippen molar-refractivity contribution in [1.82, 2.24) is 0 Å². The maximum absolute atomic E-state index is 10.7. The Morgan fingerprint density at radius 2 is 1.90 bits per heavy atom. The van der Waals surface area contributed by atoms with E-state index in [1.54, 1.807) is 0 Å².